The van der Waals surface area contributed by atoms with Gasteiger partial charge in [0.25, 0.3) is 11.1 Å². The molecule has 0 spiro atoms. The molecule has 1 heterocycles. The fraction of sp³-hybridized carbons (Fsp3) is 0.444. The minimum absolute atomic E-state index is 0.00166. The van der Waals surface area contributed by atoms with Gasteiger partial charge in [0, 0.05) is 25.2 Å². The van der Waals surface area contributed by atoms with E-state index >= 15 is 0 Å². The number of hydrogen-bond acceptors (Lipinski definition) is 8. The molecule has 0 saturated heterocycles. The van der Waals surface area contributed by atoms with Gasteiger partial charge < -0.3 is 15.1 Å². The quantitative estimate of drug-likeness (QED) is 0.568. The SMILES string of the molecule is CN(C)S(=O)(=O)c1ccc(C(=O)NCc2nnc(SCC(=O)NC(C)(C)C)o2)cc1. The Morgan fingerprint density at radius 2 is 1.77 bits per heavy atom. The van der Waals surface area contributed by atoms with Gasteiger partial charge in [-0.1, -0.05) is 11.8 Å². The third-order valence-corrected chi connectivity index (χ3v) is 6.23. The average molecular weight is 456 g/mol. The van der Waals surface area contributed by atoms with Gasteiger partial charge in [-0.05, 0) is 45.0 Å². The van der Waals surface area contributed by atoms with Gasteiger partial charge in [-0.15, -0.1) is 10.2 Å². The second-order valence-electron chi connectivity index (χ2n) is 7.54. The summed E-state index contributed by atoms with van der Waals surface area (Å²) in [6.45, 7) is 5.66. The lowest BCUT2D eigenvalue weighted by molar-refractivity contribution is -0.119. The van der Waals surface area contributed by atoms with Gasteiger partial charge in [0.05, 0.1) is 17.2 Å². The van der Waals surface area contributed by atoms with Crippen molar-refractivity contribution >= 4 is 33.6 Å². The molecular weight excluding hydrogens is 430 g/mol. The number of sulfonamides is 1. The maximum atomic E-state index is 12.2. The first-order chi connectivity index (χ1) is 13.9. The van der Waals surface area contributed by atoms with Gasteiger partial charge in [-0.2, -0.15) is 0 Å². The summed E-state index contributed by atoms with van der Waals surface area (Å²) in [6, 6.07) is 5.59. The molecule has 0 aliphatic carbocycles. The highest BCUT2D eigenvalue weighted by atomic mass is 32.2. The second-order valence-corrected chi connectivity index (χ2v) is 10.6. The van der Waals surface area contributed by atoms with Crippen LogP contribution >= 0.6 is 11.8 Å². The van der Waals surface area contributed by atoms with Crippen LogP contribution in [0.5, 0.6) is 0 Å². The van der Waals surface area contributed by atoms with Crippen molar-refractivity contribution in [3.05, 3.63) is 35.7 Å². The normalized spacial score (nSPS) is 12.1. The van der Waals surface area contributed by atoms with Gasteiger partial charge in [-0.25, -0.2) is 12.7 Å². The molecule has 0 radical (unpaired) electrons. The molecule has 2 rings (SSSR count). The number of aromatic nitrogens is 2. The largest absolute Gasteiger partial charge is 0.414 e. The van der Waals surface area contributed by atoms with Crippen molar-refractivity contribution in [1.82, 2.24) is 25.1 Å². The molecular formula is C18H25N5O5S2. The van der Waals surface area contributed by atoms with Gasteiger partial charge in [-0.3, -0.25) is 9.59 Å². The van der Waals surface area contributed by atoms with Crippen LogP contribution in [0.2, 0.25) is 0 Å². The zero-order valence-corrected chi connectivity index (χ0v) is 19.1. The molecule has 1 aromatic heterocycles. The van der Waals surface area contributed by atoms with E-state index in [1.165, 1.54) is 38.4 Å². The monoisotopic (exact) mass is 455 g/mol. The number of nitrogens with zero attached hydrogens (tertiary/aromatic N) is 3. The highest BCUT2D eigenvalue weighted by molar-refractivity contribution is 7.99. The lowest BCUT2D eigenvalue weighted by Gasteiger charge is -2.19. The fourth-order valence-electron chi connectivity index (χ4n) is 2.20. The summed E-state index contributed by atoms with van der Waals surface area (Å²) in [4.78, 5) is 24.2. The summed E-state index contributed by atoms with van der Waals surface area (Å²) in [6.07, 6.45) is 0. The van der Waals surface area contributed by atoms with Crippen LogP contribution in [0.3, 0.4) is 0 Å². The molecule has 1 aromatic carbocycles. The Morgan fingerprint density at radius 3 is 2.33 bits per heavy atom. The smallest absolute Gasteiger partial charge is 0.277 e. The van der Waals surface area contributed by atoms with Crippen LogP contribution in [0.4, 0.5) is 0 Å². The second kappa shape index (κ2) is 9.58. The summed E-state index contributed by atoms with van der Waals surface area (Å²) in [5, 5.41) is 13.3. The zero-order valence-electron chi connectivity index (χ0n) is 17.4. The summed E-state index contributed by atoms with van der Waals surface area (Å²) >= 11 is 1.10. The average Bonchev–Trinajstić information content (AvgIpc) is 3.11. The van der Waals surface area contributed by atoms with Crippen molar-refractivity contribution in [3.8, 4) is 0 Å². The van der Waals surface area contributed by atoms with Crippen LogP contribution in [0.25, 0.3) is 0 Å². The molecule has 2 aromatic rings. The van der Waals surface area contributed by atoms with Crippen LogP contribution in [-0.4, -0.2) is 60.1 Å². The highest BCUT2D eigenvalue weighted by Crippen LogP contribution is 2.17. The number of rotatable bonds is 8. The first kappa shape index (κ1) is 23.8. The minimum atomic E-state index is -3.56. The van der Waals surface area contributed by atoms with Gasteiger partial charge in [0.15, 0.2) is 0 Å². The van der Waals surface area contributed by atoms with E-state index in [1.54, 1.807) is 0 Å². The first-order valence-corrected chi connectivity index (χ1v) is 11.4. The van der Waals surface area contributed by atoms with Gasteiger partial charge in [0.1, 0.15) is 0 Å². The van der Waals surface area contributed by atoms with Crippen molar-refractivity contribution in [2.45, 2.75) is 43.0 Å². The maximum absolute atomic E-state index is 12.2. The molecule has 0 aliphatic rings. The molecule has 164 valence electrons. The molecule has 0 fully saturated rings. The maximum Gasteiger partial charge on any atom is 0.277 e. The fourth-order valence-corrected chi connectivity index (χ4v) is 3.68. The number of carbonyl (C=O) groups is 2. The van der Waals surface area contributed by atoms with Gasteiger partial charge >= 0.3 is 0 Å². The number of carbonyl (C=O) groups excluding carboxylic acids is 2. The van der Waals surface area contributed by atoms with E-state index in [9.17, 15) is 18.0 Å². The van der Waals surface area contributed by atoms with Crippen LogP contribution in [0, 0.1) is 0 Å². The topological polar surface area (TPSA) is 134 Å². The molecule has 0 atom stereocenters. The molecule has 0 aliphatic heterocycles. The predicted octanol–water partition coefficient (Wildman–Crippen LogP) is 1.26. The number of thioether (sulfide) groups is 1. The van der Waals surface area contributed by atoms with Crippen molar-refractivity contribution in [1.29, 1.82) is 0 Å². The lowest BCUT2D eigenvalue weighted by Crippen LogP contribution is -2.41. The third kappa shape index (κ3) is 6.82. The Labute approximate surface area is 179 Å². The Morgan fingerprint density at radius 1 is 1.13 bits per heavy atom. The zero-order chi connectivity index (χ0) is 22.5. The number of hydrogen-bond donors (Lipinski definition) is 2. The van der Waals surface area contributed by atoms with Crippen LogP contribution < -0.4 is 10.6 Å². The van der Waals surface area contributed by atoms with Gasteiger partial charge in [0.2, 0.25) is 21.8 Å². The molecule has 0 unspecified atom stereocenters. The summed E-state index contributed by atoms with van der Waals surface area (Å²) in [5.74, 6) is -0.247. The van der Waals surface area contributed by atoms with Crippen LogP contribution in [0.1, 0.15) is 37.0 Å². The Hall–Kier alpha value is -2.44. The standard InChI is InChI=1S/C18H25N5O5S2/c1-18(2,3)20-14(24)11-29-17-22-21-15(28-17)10-19-16(25)12-6-8-13(9-7-12)30(26,27)23(4)5/h6-9H,10-11H2,1-5H3,(H,19,25)(H,20,24). The Kier molecular flexibility index (Phi) is 7.61. The molecule has 30 heavy (non-hydrogen) atoms. The van der Waals surface area contributed by atoms with E-state index in [1.807, 2.05) is 20.8 Å². The van der Waals surface area contributed by atoms with E-state index < -0.39 is 15.9 Å². The third-order valence-electron chi connectivity index (χ3n) is 3.58. The van der Waals surface area contributed by atoms with E-state index in [0.717, 1.165) is 16.1 Å². The molecule has 0 saturated carbocycles. The number of amides is 2. The van der Waals surface area contributed by atoms with E-state index in [4.69, 9.17) is 4.42 Å². The first-order valence-electron chi connectivity index (χ1n) is 8.95. The molecule has 0 bridgehead atoms. The number of nitrogens with one attached hydrogen (secondary N) is 2. The molecule has 12 heteroatoms. The predicted molar refractivity (Wildman–Crippen MR) is 111 cm³/mol. The van der Waals surface area contributed by atoms with E-state index in [0.29, 0.717) is 5.56 Å². The Bertz CT molecular complexity index is 995. The summed E-state index contributed by atoms with van der Waals surface area (Å²) in [7, 11) is -0.687. The van der Waals surface area contributed by atoms with Crippen molar-refractivity contribution in [3.63, 3.8) is 0 Å². The number of benzene rings is 1. The minimum Gasteiger partial charge on any atom is -0.414 e. The van der Waals surface area contributed by atoms with Crippen molar-refractivity contribution in [2.24, 2.45) is 0 Å². The molecule has 10 nitrogen and oxygen atoms in total. The van der Waals surface area contributed by atoms with Crippen LogP contribution in [-0.2, 0) is 21.4 Å². The summed E-state index contributed by atoms with van der Waals surface area (Å²) < 4.78 is 30.6. The summed E-state index contributed by atoms with van der Waals surface area (Å²) in [5.41, 5.74) is -0.0304. The van der Waals surface area contributed by atoms with Crippen molar-refractivity contribution < 1.29 is 22.4 Å². The highest BCUT2D eigenvalue weighted by Gasteiger charge is 2.18. The molecule has 2 amide bonds. The van der Waals surface area contributed by atoms with E-state index in [-0.39, 0.29) is 39.8 Å². The van der Waals surface area contributed by atoms with Crippen molar-refractivity contribution in [2.75, 3.05) is 19.8 Å². The van der Waals surface area contributed by atoms with E-state index in [2.05, 4.69) is 20.8 Å². The lowest BCUT2D eigenvalue weighted by atomic mass is 10.1. The van der Waals surface area contributed by atoms with Crippen LogP contribution in [0.15, 0.2) is 38.8 Å². The molecule has 2 N–H and O–H groups in total. The Balaban J connectivity index is 1.88.